The highest BCUT2D eigenvalue weighted by Gasteiger charge is 2.11. The fourth-order valence-corrected chi connectivity index (χ4v) is 2.66. The summed E-state index contributed by atoms with van der Waals surface area (Å²) in [5.74, 6) is 0. The average molecular weight is 312 g/mol. The number of benzene rings is 2. The van der Waals surface area contributed by atoms with Crippen LogP contribution in [0.25, 0.3) is 11.0 Å². The number of rotatable bonds is 2. The number of para-hydroxylation sites is 1. The summed E-state index contributed by atoms with van der Waals surface area (Å²) in [7, 11) is 0. The van der Waals surface area contributed by atoms with E-state index in [4.69, 9.17) is 34.8 Å². The molecule has 1 heterocycles. The second kappa shape index (κ2) is 5.04. The molecule has 0 aliphatic heterocycles. The highest BCUT2D eigenvalue weighted by atomic mass is 35.5. The van der Waals surface area contributed by atoms with Crippen molar-refractivity contribution < 1.29 is 0 Å². The zero-order valence-corrected chi connectivity index (χ0v) is 12.0. The summed E-state index contributed by atoms with van der Waals surface area (Å²) >= 11 is 18.3. The van der Waals surface area contributed by atoms with E-state index in [2.05, 4.69) is 4.98 Å². The highest BCUT2D eigenvalue weighted by Crippen LogP contribution is 2.27. The third kappa shape index (κ3) is 2.44. The zero-order chi connectivity index (χ0) is 13.4. The standard InChI is InChI=1S/C14H9Cl3N2/c15-10-6-4-9(5-7-10)8-19-13-11(16)2-1-3-12(13)18-14(19)17/h1-7H,8H2. The fraction of sp³-hybridized carbons (Fsp3) is 0.0714. The van der Waals surface area contributed by atoms with Crippen LogP contribution in [0.1, 0.15) is 5.56 Å². The molecule has 5 heteroatoms. The Kier molecular flexibility index (Phi) is 3.40. The van der Waals surface area contributed by atoms with Crippen LogP contribution in [0.2, 0.25) is 15.3 Å². The molecule has 0 radical (unpaired) electrons. The van der Waals surface area contributed by atoms with Crippen molar-refractivity contribution in [1.82, 2.24) is 9.55 Å². The molecule has 0 spiro atoms. The maximum absolute atomic E-state index is 6.23. The molecule has 0 atom stereocenters. The van der Waals surface area contributed by atoms with Gasteiger partial charge >= 0.3 is 0 Å². The van der Waals surface area contributed by atoms with Gasteiger partial charge in [-0.1, -0.05) is 41.4 Å². The molecule has 0 unspecified atom stereocenters. The Morgan fingerprint density at radius 2 is 1.68 bits per heavy atom. The third-order valence-electron chi connectivity index (χ3n) is 2.92. The zero-order valence-electron chi connectivity index (χ0n) is 9.78. The van der Waals surface area contributed by atoms with Crippen molar-refractivity contribution in [3.05, 3.63) is 63.4 Å². The molecule has 96 valence electrons. The largest absolute Gasteiger partial charge is 0.309 e. The van der Waals surface area contributed by atoms with Gasteiger partial charge in [-0.25, -0.2) is 4.98 Å². The van der Waals surface area contributed by atoms with Crippen molar-refractivity contribution in [3.63, 3.8) is 0 Å². The van der Waals surface area contributed by atoms with E-state index in [1.54, 1.807) is 0 Å². The van der Waals surface area contributed by atoms with Gasteiger partial charge < -0.3 is 4.57 Å². The van der Waals surface area contributed by atoms with Crippen molar-refractivity contribution >= 4 is 45.8 Å². The van der Waals surface area contributed by atoms with Gasteiger partial charge in [0, 0.05) is 5.02 Å². The van der Waals surface area contributed by atoms with Crippen LogP contribution in [0.3, 0.4) is 0 Å². The normalized spacial score (nSPS) is 11.1. The molecule has 0 aliphatic rings. The third-order valence-corrected chi connectivity index (χ3v) is 3.77. The molecular formula is C14H9Cl3N2. The number of nitrogens with zero attached hydrogens (tertiary/aromatic N) is 2. The van der Waals surface area contributed by atoms with Crippen LogP contribution in [-0.4, -0.2) is 9.55 Å². The average Bonchev–Trinajstić information content (AvgIpc) is 2.70. The molecule has 19 heavy (non-hydrogen) atoms. The molecule has 0 amide bonds. The number of hydrogen-bond acceptors (Lipinski definition) is 1. The van der Waals surface area contributed by atoms with E-state index in [1.165, 1.54) is 0 Å². The summed E-state index contributed by atoms with van der Waals surface area (Å²) in [4.78, 5) is 4.31. The first kappa shape index (κ1) is 12.8. The fourth-order valence-electron chi connectivity index (χ4n) is 2.03. The predicted molar refractivity (Wildman–Crippen MR) is 80.3 cm³/mol. The van der Waals surface area contributed by atoms with Gasteiger partial charge in [-0.05, 0) is 41.4 Å². The van der Waals surface area contributed by atoms with Crippen LogP contribution in [0.15, 0.2) is 42.5 Å². The van der Waals surface area contributed by atoms with Crippen LogP contribution in [0.4, 0.5) is 0 Å². The van der Waals surface area contributed by atoms with Gasteiger partial charge in [0.25, 0.3) is 0 Å². The lowest BCUT2D eigenvalue weighted by molar-refractivity contribution is 0.826. The van der Waals surface area contributed by atoms with E-state index in [1.807, 2.05) is 47.0 Å². The molecule has 3 rings (SSSR count). The number of halogens is 3. The Hall–Kier alpha value is -1.22. The van der Waals surface area contributed by atoms with E-state index < -0.39 is 0 Å². The second-order valence-corrected chi connectivity index (χ2v) is 5.38. The van der Waals surface area contributed by atoms with Gasteiger partial charge in [-0.2, -0.15) is 0 Å². The maximum atomic E-state index is 6.23. The molecular weight excluding hydrogens is 303 g/mol. The van der Waals surface area contributed by atoms with E-state index in [0.29, 0.717) is 21.9 Å². The molecule has 2 nitrogen and oxygen atoms in total. The Morgan fingerprint density at radius 3 is 2.42 bits per heavy atom. The van der Waals surface area contributed by atoms with E-state index in [0.717, 1.165) is 16.6 Å². The number of imidazole rings is 1. The molecule has 1 aromatic heterocycles. The van der Waals surface area contributed by atoms with Crippen LogP contribution in [-0.2, 0) is 6.54 Å². The molecule has 0 saturated heterocycles. The monoisotopic (exact) mass is 310 g/mol. The highest BCUT2D eigenvalue weighted by molar-refractivity contribution is 6.36. The maximum Gasteiger partial charge on any atom is 0.204 e. The van der Waals surface area contributed by atoms with E-state index in [-0.39, 0.29) is 0 Å². The summed E-state index contributed by atoms with van der Waals surface area (Å²) in [6.45, 7) is 0.607. The van der Waals surface area contributed by atoms with Crippen LogP contribution < -0.4 is 0 Å². The minimum absolute atomic E-state index is 0.429. The molecule has 2 aromatic carbocycles. The Morgan fingerprint density at radius 1 is 0.947 bits per heavy atom. The van der Waals surface area contributed by atoms with Gasteiger partial charge in [0.15, 0.2) is 0 Å². The summed E-state index contributed by atoms with van der Waals surface area (Å²) in [5, 5.41) is 1.78. The van der Waals surface area contributed by atoms with Crippen LogP contribution >= 0.6 is 34.8 Å². The van der Waals surface area contributed by atoms with Gasteiger partial charge in [0.05, 0.1) is 22.6 Å². The number of hydrogen-bond donors (Lipinski definition) is 0. The Balaban J connectivity index is 2.09. The molecule has 0 fully saturated rings. The SMILES string of the molecule is Clc1ccc(Cn2c(Cl)nc3cccc(Cl)c32)cc1. The lowest BCUT2D eigenvalue weighted by Gasteiger charge is -2.07. The van der Waals surface area contributed by atoms with Crippen molar-refractivity contribution in [3.8, 4) is 0 Å². The predicted octanol–water partition coefficient (Wildman–Crippen LogP) is 5.04. The number of fused-ring (bicyclic) bond motifs is 1. The van der Waals surface area contributed by atoms with Crippen molar-refractivity contribution in [2.75, 3.05) is 0 Å². The molecule has 0 bridgehead atoms. The smallest absolute Gasteiger partial charge is 0.204 e. The van der Waals surface area contributed by atoms with Crippen molar-refractivity contribution in [2.24, 2.45) is 0 Å². The van der Waals surface area contributed by atoms with Crippen LogP contribution in [0.5, 0.6) is 0 Å². The van der Waals surface area contributed by atoms with Crippen LogP contribution in [0, 0.1) is 0 Å². The topological polar surface area (TPSA) is 17.8 Å². The summed E-state index contributed by atoms with van der Waals surface area (Å²) in [5.41, 5.74) is 2.74. The first-order valence-electron chi connectivity index (χ1n) is 5.70. The summed E-state index contributed by atoms with van der Waals surface area (Å²) in [6, 6.07) is 13.2. The summed E-state index contributed by atoms with van der Waals surface area (Å²) < 4.78 is 1.89. The van der Waals surface area contributed by atoms with Gasteiger partial charge in [0.1, 0.15) is 0 Å². The van der Waals surface area contributed by atoms with Gasteiger partial charge in [-0.15, -0.1) is 0 Å². The van der Waals surface area contributed by atoms with E-state index >= 15 is 0 Å². The Bertz CT molecular complexity index is 732. The summed E-state index contributed by atoms with van der Waals surface area (Å²) in [6.07, 6.45) is 0. The van der Waals surface area contributed by atoms with E-state index in [9.17, 15) is 0 Å². The second-order valence-electron chi connectivity index (χ2n) is 4.20. The molecule has 0 saturated carbocycles. The molecule has 0 aliphatic carbocycles. The lowest BCUT2D eigenvalue weighted by Crippen LogP contribution is -1.99. The van der Waals surface area contributed by atoms with Gasteiger partial charge in [0.2, 0.25) is 5.28 Å². The minimum atomic E-state index is 0.429. The first-order chi connectivity index (χ1) is 9.15. The molecule has 0 N–H and O–H groups in total. The minimum Gasteiger partial charge on any atom is -0.309 e. The number of aromatic nitrogens is 2. The van der Waals surface area contributed by atoms with Crippen molar-refractivity contribution in [2.45, 2.75) is 6.54 Å². The first-order valence-corrected chi connectivity index (χ1v) is 6.83. The lowest BCUT2D eigenvalue weighted by atomic mass is 10.2. The molecule has 3 aromatic rings. The quantitative estimate of drug-likeness (QED) is 0.648. The Labute approximate surface area is 125 Å². The van der Waals surface area contributed by atoms with Crippen molar-refractivity contribution in [1.29, 1.82) is 0 Å². The van der Waals surface area contributed by atoms with Gasteiger partial charge in [-0.3, -0.25) is 0 Å².